The van der Waals surface area contributed by atoms with Crippen LogP contribution >= 0.6 is 0 Å². The van der Waals surface area contributed by atoms with Crippen molar-refractivity contribution in [3.8, 4) is 0 Å². The molecule has 11 heteroatoms. The maximum Gasteiger partial charge on any atom is 0.513 e. The molecule has 0 aliphatic rings. The highest BCUT2D eigenvalue weighted by molar-refractivity contribution is 6.84. The number of hydrogen-bond acceptors (Lipinski definition) is 8. The molecule has 0 aromatic rings. The average Bonchev–Trinajstić information content (AvgIpc) is 2.29. The smallest absolute Gasteiger partial charge is 0.437 e. The number of nitrogens with one attached hydrogen (secondary N) is 1. The average molecular weight is 388 g/mol. The maximum absolute atomic E-state index is 10.0. The van der Waals surface area contributed by atoms with E-state index < -0.39 is 31.8 Å². The zero-order valence-corrected chi connectivity index (χ0v) is 18.1. The van der Waals surface area contributed by atoms with Crippen molar-refractivity contribution in [1.29, 1.82) is 0 Å². The van der Waals surface area contributed by atoms with Crippen LogP contribution in [0.2, 0.25) is 32.7 Å². The molecule has 0 fully saturated rings. The van der Waals surface area contributed by atoms with E-state index in [1.807, 2.05) is 26.6 Å². The van der Waals surface area contributed by atoms with E-state index in [0.717, 1.165) is 0 Å². The summed E-state index contributed by atoms with van der Waals surface area (Å²) < 4.78 is 21.6. The molecule has 0 heterocycles. The van der Waals surface area contributed by atoms with E-state index in [-0.39, 0.29) is 12.8 Å². The summed E-state index contributed by atoms with van der Waals surface area (Å²) in [6.45, 7) is 12.7. The molecule has 0 aliphatic carbocycles. The van der Waals surface area contributed by atoms with Crippen LogP contribution in [0.15, 0.2) is 0 Å². The molecule has 0 radical (unpaired) electrons. The van der Waals surface area contributed by atoms with Gasteiger partial charge in [-0.25, -0.2) is 0 Å². The van der Waals surface area contributed by atoms with E-state index in [0.29, 0.717) is 19.9 Å². The summed E-state index contributed by atoms with van der Waals surface area (Å²) in [5.41, 5.74) is 0. The molecule has 0 aromatic heterocycles. The van der Waals surface area contributed by atoms with Gasteiger partial charge in [-0.3, -0.25) is 5.32 Å². The molecule has 140 valence electrons. The molecule has 0 saturated heterocycles. The molecular formula is C12H33NO7Si3. The molecule has 1 unspecified atom stereocenters. The number of ether oxygens (including phenoxy) is 2. The lowest BCUT2D eigenvalue weighted by Crippen LogP contribution is -2.57. The normalized spacial score (nSPS) is 15.0. The molecule has 23 heavy (non-hydrogen) atoms. The quantitative estimate of drug-likeness (QED) is 0.198. The second-order valence-corrected chi connectivity index (χ2v) is 17.2. The molecule has 0 amide bonds. The Kier molecular flexibility index (Phi) is 10.5. The molecule has 0 spiro atoms. The fourth-order valence-corrected chi connectivity index (χ4v) is 12.2. The Morgan fingerprint density at radius 2 is 1.61 bits per heavy atom. The Balaban J connectivity index is 4.08. The van der Waals surface area contributed by atoms with Gasteiger partial charge in [0.1, 0.15) is 6.23 Å². The topological polar surface area (TPSA) is 110 Å². The van der Waals surface area contributed by atoms with Crippen LogP contribution in [0.25, 0.3) is 0 Å². The highest BCUT2D eigenvalue weighted by Gasteiger charge is 2.43. The monoisotopic (exact) mass is 387 g/mol. The van der Waals surface area contributed by atoms with E-state index in [1.165, 1.54) is 0 Å². The lowest BCUT2D eigenvalue weighted by Gasteiger charge is -2.34. The minimum atomic E-state index is -3.97. The SMILES string of the molecule is CCOCNCC(O)COC[Si](O)(O)O[Si](C)(C)O[Si](C)(C)C. The fraction of sp³-hybridized carbons (Fsp3) is 1.00. The summed E-state index contributed by atoms with van der Waals surface area (Å²) in [5, 5.41) is 12.6. The van der Waals surface area contributed by atoms with Crippen molar-refractivity contribution in [2.75, 3.05) is 32.7 Å². The van der Waals surface area contributed by atoms with Crippen LogP contribution in [0.5, 0.6) is 0 Å². The first kappa shape index (κ1) is 23.3. The van der Waals surface area contributed by atoms with E-state index in [9.17, 15) is 14.7 Å². The third-order valence-electron chi connectivity index (χ3n) is 2.35. The zero-order valence-electron chi connectivity index (χ0n) is 15.1. The summed E-state index contributed by atoms with van der Waals surface area (Å²) in [5.74, 6) is 0. The van der Waals surface area contributed by atoms with Gasteiger partial charge in [0.25, 0.3) is 0 Å². The third kappa shape index (κ3) is 14.4. The Morgan fingerprint density at radius 3 is 2.13 bits per heavy atom. The van der Waals surface area contributed by atoms with Crippen LogP contribution in [-0.2, 0) is 17.7 Å². The first-order valence-electron chi connectivity index (χ1n) is 7.76. The molecule has 0 bridgehead atoms. The fourth-order valence-electron chi connectivity index (χ4n) is 1.97. The van der Waals surface area contributed by atoms with Crippen molar-refractivity contribution in [3.63, 3.8) is 0 Å². The van der Waals surface area contributed by atoms with Crippen molar-refractivity contribution in [1.82, 2.24) is 5.32 Å². The molecule has 4 N–H and O–H groups in total. The molecule has 0 saturated carbocycles. The minimum absolute atomic E-state index is 0.0186. The van der Waals surface area contributed by atoms with Gasteiger partial charge in [0, 0.05) is 13.2 Å². The number of aliphatic hydroxyl groups excluding tert-OH is 1. The van der Waals surface area contributed by atoms with Crippen molar-refractivity contribution in [2.24, 2.45) is 0 Å². The van der Waals surface area contributed by atoms with Gasteiger partial charge in [0.05, 0.1) is 19.4 Å². The molecule has 0 aliphatic heterocycles. The zero-order chi connectivity index (χ0) is 18.1. The van der Waals surface area contributed by atoms with E-state index in [2.05, 4.69) is 5.32 Å². The van der Waals surface area contributed by atoms with Crippen molar-refractivity contribution >= 4 is 25.7 Å². The standard InChI is InChI=1S/C12H33NO7Si3/c1-7-17-10-13-8-12(14)9-18-11-23(15,16)20-22(5,6)19-21(2,3)4/h12-16H,7-11H2,1-6H3. The second kappa shape index (κ2) is 10.4. The highest BCUT2D eigenvalue weighted by atomic mass is 28.5. The van der Waals surface area contributed by atoms with Gasteiger partial charge in [0.15, 0.2) is 8.32 Å². The van der Waals surface area contributed by atoms with E-state index in [1.54, 1.807) is 13.1 Å². The summed E-state index contributed by atoms with van der Waals surface area (Å²) in [4.78, 5) is 20.0. The lowest BCUT2D eigenvalue weighted by molar-refractivity contribution is 0.0284. The summed E-state index contributed by atoms with van der Waals surface area (Å²) in [7, 11) is -8.43. The molecule has 0 rings (SSSR count). The Labute approximate surface area is 142 Å². The first-order valence-corrected chi connectivity index (χ1v) is 16.0. The molecule has 1 atom stereocenters. The second-order valence-electron chi connectivity index (χ2n) is 6.72. The van der Waals surface area contributed by atoms with Gasteiger partial charge < -0.3 is 32.4 Å². The number of hydrogen-bond donors (Lipinski definition) is 4. The van der Waals surface area contributed by atoms with Crippen LogP contribution in [0.3, 0.4) is 0 Å². The van der Waals surface area contributed by atoms with Crippen LogP contribution in [-0.4, -0.2) is 79.2 Å². The largest absolute Gasteiger partial charge is 0.513 e. The van der Waals surface area contributed by atoms with Crippen molar-refractivity contribution < 1.29 is 32.4 Å². The van der Waals surface area contributed by atoms with E-state index >= 15 is 0 Å². The van der Waals surface area contributed by atoms with Gasteiger partial charge in [-0.2, -0.15) is 0 Å². The van der Waals surface area contributed by atoms with Gasteiger partial charge in [0.2, 0.25) is 0 Å². The predicted molar refractivity (Wildman–Crippen MR) is 94.5 cm³/mol. The molecule has 8 nitrogen and oxygen atoms in total. The number of rotatable bonds is 13. The Hall–Kier alpha value is 0.331. The lowest BCUT2D eigenvalue weighted by atomic mass is 10.4. The Bertz CT molecular complexity index is 326. The van der Waals surface area contributed by atoms with E-state index in [4.69, 9.17) is 17.7 Å². The maximum atomic E-state index is 10.0. The molecule has 0 aromatic carbocycles. The van der Waals surface area contributed by atoms with Gasteiger partial charge in [-0.1, -0.05) is 0 Å². The minimum Gasteiger partial charge on any atom is -0.437 e. The van der Waals surface area contributed by atoms with Crippen LogP contribution in [0.1, 0.15) is 6.92 Å². The van der Waals surface area contributed by atoms with Crippen LogP contribution in [0.4, 0.5) is 0 Å². The Morgan fingerprint density at radius 1 is 1.00 bits per heavy atom. The summed E-state index contributed by atoms with van der Waals surface area (Å²) in [6, 6.07) is 0. The van der Waals surface area contributed by atoms with Gasteiger partial charge in [-0.05, 0) is 39.7 Å². The van der Waals surface area contributed by atoms with Gasteiger partial charge in [-0.15, -0.1) is 0 Å². The van der Waals surface area contributed by atoms with Crippen molar-refractivity contribution in [2.45, 2.75) is 45.8 Å². The predicted octanol–water partition coefficient (Wildman–Crippen LogP) is -0.0199. The highest BCUT2D eigenvalue weighted by Crippen LogP contribution is 2.18. The number of aliphatic hydroxyl groups is 1. The third-order valence-corrected chi connectivity index (χ3v) is 10.6. The van der Waals surface area contributed by atoms with Crippen molar-refractivity contribution in [3.05, 3.63) is 0 Å². The summed E-state index contributed by atoms with van der Waals surface area (Å²) in [6.07, 6.45) is -1.09. The van der Waals surface area contributed by atoms with Gasteiger partial charge >= 0.3 is 17.4 Å². The summed E-state index contributed by atoms with van der Waals surface area (Å²) >= 11 is 0. The first-order chi connectivity index (χ1) is 10.4. The van der Waals surface area contributed by atoms with Crippen LogP contribution < -0.4 is 5.32 Å². The molecular weight excluding hydrogens is 354 g/mol. The van der Waals surface area contributed by atoms with Crippen LogP contribution in [0, 0.1) is 0 Å².